The van der Waals surface area contributed by atoms with Gasteiger partial charge in [-0.05, 0) is 0 Å². The highest BCUT2D eigenvalue weighted by molar-refractivity contribution is 7.07. The second kappa shape index (κ2) is 6.73. The van der Waals surface area contributed by atoms with E-state index < -0.39 is 6.10 Å². The summed E-state index contributed by atoms with van der Waals surface area (Å²) >= 11 is 1.13. The largest absolute Gasteiger partial charge is 0.390 e. The maximum atomic E-state index is 11.2. The number of ether oxygens (including phenoxy) is 1. The summed E-state index contributed by atoms with van der Waals surface area (Å²) in [6.45, 7) is 2.12. The van der Waals surface area contributed by atoms with Gasteiger partial charge in [0.2, 0.25) is 0 Å². The van der Waals surface area contributed by atoms with Crippen LogP contribution in [0, 0.1) is 0 Å². The number of thiazole rings is 1. The van der Waals surface area contributed by atoms with Crippen LogP contribution >= 0.6 is 11.3 Å². The summed E-state index contributed by atoms with van der Waals surface area (Å²) in [5.74, 6) is 0. The van der Waals surface area contributed by atoms with Crippen LogP contribution in [0.3, 0.4) is 0 Å². The third-order valence-electron chi connectivity index (χ3n) is 1.91. The average molecular weight is 232 g/mol. The maximum Gasteiger partial charge on any atom is 0.307 e. The number of rotatable bonds is 7. The standard InChI is InChI=1S/C9H16N2O3S/c1-14-4-2-10-6-8(12)7-11-3-5-15-9(11)13/h3,5,8,10,12H,2,4,6-7H2,1H3. The third kappa shape index (κ3) is 4.57. The molecule has 0 aliphatic carbocycles. The van der Waals surface area contributed by atoms with Gasteiger partial charge >= 0.3 is 4.87 Å². The molecular formula is C9H16N2O3S. The molecule has 6 heteroatoms. The Kier molecular flexibility index (Phi) is 5.56. The molecule has 0 spiro atoms. The summed E-state index contributed by atoms with van der Waals surface area (Å²) < 4.78 is 6.36. The van der Waals surface area contributed by atoms with Gasteiger partial charge in [-0.3, -0.25) is 4.79 Å². The lowest BCUT2D eigenvalue weighted by Crippen LogP contribution is -2.33. The molecule has 1 aromatic rings. The molecule has 0 bridgehead atoms. The lowest BCUT2D eigenvalue weighted by Gasteiger charge is -2.11. The van der Waals surface area contributed by atoms with E-state index in [1.165, 1.54) is 4.57 Å². The fourth-order valence-electron chi connectivity index (χ4n) is 1.16. The van der Waals surface area contributed by atoms with Crippen molar-refractivity contribution in [2.45, 2.75) is 12.6 Å². The van der Waals surface area contributed by atoms with Gasteiger partial charge in [-0.1, -0.05) is 11.3 Å². The highest BCUT2D eigenvalue weighted by atomic mass is 32.1. The van der Waals surface area contributed by atoms with Crippen LogP contribution in [0.1, 0.15) is 0 Å². The monoisotopic (exact) mass is 232 g/mol. The Morgan fingerprint density at radius 1 is 1.73 bits per heavy atom. The number of hydrogen-bond acceptors (Lipinski definition) is 5. The highest BCUT2D eigenvalue weighted by Gasteiger charge is 2.05. The van der Waals surface area contributed by atoms with Crippen molar-refractivity contribution in [3.05, 3.63) is 21.2 Å². The van der Waals surface area contributed by atoms with Crippen molar-refractivity contribution in [2.75, 3.05) is 26.8 Å². The number of nitrogens with one attached hydrogen (secondary N) is 1. The minimum Gasteiger partial charge on any atom is -0.390 e. The summed E-state index contributed by atoms with van der Waals surface area (Å²) in [6, 6.07) is 0. The number of aliphatic hydroxyl groups is 1. The molecule has 0 radical (unpaired) electrons. The van der Waals surface area contributed by atoms with Crippen LogP contribution in [0.15, 0.2) is 16.4 Å². The van der Waals surface area contributed by atoms with E-state index in [-0.39, 0.29) is 4.87 Å². The zero-order valence-corrected chi connectivity index (χ0v) is 9.50. The molecule has 0 saturated carbocycles. The fourth-order valence-corrected chi connectivity index (χ4v) is 1.76. The smallest absolute Gasteiger partial charge is 0.307 e. The molecule has 0 aliphatic heterocycles. The zero-order valence-electron chi connectivity index (χ0n) is 8.68. The topological polar surface area (TPSA) is 63.5 Å². The van der Waals surface area contributed by atoms with Gasteiger partial charge in [0.1, 0.15) is 0 Å². The van der Waals surface area contributed by atoms with E-state index in [0.717, 1.165) is 11.3 Å². The van der Waals surface area contributed by atoms with Crippen LogP contribution in [0.2, 0.25) is 0 Å². The van der Waals surface area contributed by atoms with Crippen molar-refractivity contribution >= 4 is 11.3 Å². The molecular weight excluding hydrogens is 216 g/mol. The normalized spacial score (nSPS) is 12.9. The summed E-state index contributed by atoms with van der Waals surface area (Å²) in [5.41, 5.74) is 0. The average Bonchev–Trinajstić information content (AvgIpc) is 2.59. The van der Waals surface area contributed by atoms with Crippen LogP contribution in [0.4, 0.5) is 0 Å². The first-order chi connectivity index (χ1) is 7.24. The summed E-state index contributed by atoms with van der Waals surface area (Å²) in [4.78, 5) is 11.1. The van der Waals surface area contributed by atoms with Crippen LogP contribution in [-0.4, -0.2) is 42.6 Å². The SMILES string of the molecule is COCCNCC(O)Cn1ccsc1=O. The molecule has 2 N–H and O–H groups in total. The molecule has 15 heavy (non-hydrogen) atoms. The first kappa shape index (κ1) is 12.4. The highest BCUT2D eigenvalue weighted by Crippen LogP contribution is 1.92. The third-order valence-corrected chi connectivity index (χ3v) is 2.61. The molecule has 0 aliphatic rings. The van der Waals surface area contributed by atoms with E-state index >= 15 is 0 Å². The second-order valence-corrected chi connectivity index (χ2v) is 4.03. The predicted molar refractivity (Wildman–Crippen MR) is 59.3 cm³/mol. The quantitative estimate of drug-likeness (QED) is 0.623. The number of aromatic nitrogens is 1. The first-order valence-electron chi connectivity index (χ1n) is 4.75. The number of methoxy groups -OCH3 is 1. The Labute approximate surface area is 92.3 Å². The molecule has 1 heterocycles. The van der Waals surface area contributed by atoms with Gasteiger partial charge in [0.15, 0.2) is 0 Å². The molecule has 5 nitrogen and oxygen atoms in total. The Morgan fingerprint density at radius 2 is 2.53 bits per heavy atom. The summed E-state index contributed by atoms with van der Waals surface area (Å²) in [6.07, 6.45) is 1.14. The van der Waals surface area contributed by atoms with E-state index in [1.54, 1.807) is 18.7 Å². The Bertz CT molecular complexity index is 323. The van der Waals surface area contributed by atoms with E-state index in [9.17, 15) is 9.90 Å². The minimum absolute atomic E-state index is 0.0362. The molecule has 86 valence electrons. The van der Waals surface area contributed by atoms with E-state index in [2.05, 4.69) is 5.32 Å². The fraction of sp³-hybridized carbons (Fsp3) is 0.667. The van der Waals surface area contributed by atoms with Crippen molar-refractivity contribution in [3.8, 4) is 0 Å². The van der Waals surface area contributed by atoms with Crippen LogP contribution in [0.25, 0.3) is 0 Å². The Morgan fingerprint density at radius 3 is 3.13 bits per heavy atom. The van der Waals surface area contributed by atoms with Gasteiger partial charge in [-0.15, -0.1) is 0 Å². The van der Waals surface area contributed by atoms with E-state index in [0.29, 0.717) is 26.2 Å². The maximum absolute atomic E-state index is 11.2. The van der Waals surface area contributed by atoms with Crippen molar-refractivity contribution in [1.29, 1.82) is 0 Å². The van der Waals surface area contributed by atoms with Crippen molar-refractivity contribution < 1.29 is 9.84 Å². The molecule has 0 saturated heterocycles. The Hall–Kier alpha value is -0.690. The zero-order chi connectivity index (χ0) is 11.1. The van der Waals surface area contributed by atoms with Gasteiger partial charge in [0.25, 0.3) is 0 Å². The molecule has 1 rings (SSSR count). The molecule has 1 unspecified atom stereocenters. The molecule has 0 aromatic carbocycles. The number of hydrogen-bond donors (Lipinski definition) is 2. The van der Waals surface area contributed by atoms with Gasteiger partial charge < -0.3 is 19.7 Å². The van der Waals surface area contributed by atoms with Gasteiger partial charge in [0, 0.05) is 31.8 Å². The van der Waals surface area contributed by atoms with Crippen molar-refractivity contribution in [3.63, 3.8) is 0 Å². The van der Waals surface area contributed by atoms with Crippen molar-refractivity contribution in [2.24, 2.45) is 0 Å². The van der Waals surface area contributed by atoms with Crippen molar-refractivity contribution in [1.82, 2.24) is 9.88 Å². The minimum atomic E-state index is -0.547. The summed E-state index contributed by atoms with van der Waals surface area (Å²) in [5, 5.41) is 14.3. The summed E-state index contributed by atoms with van der Waals surface area (Å²) in [7, 11) is 1.63. The van der Waals surface area contributed by atoms with E-state index in [1.807, 2.05) is 0 Å². The van der Waals surface area contributed by atoms with Gasteiger partial charge in [-0.25, -0.2) is 0 Å². The number of aliphatic hydroxyl groups excluding tert-OH is 1. The Balaban J connectivity index is 2.21. The van der Waals surface area contributed by atoms with Gasteiger partial charge in [-0.2, -0.15) is 0 Å². The lowest BCUT2D eigenvalue weighted by molar-refractivity contribution is 0.143. The van der Waals surface area contributed by atoms with Crippen LogP contribution in [-0.2, 0) is 11.3 Å². The van der Waals surface area contributed by atoms with Crippen LogP contribution < -0.4 is 10.2 Å². The molecule has 0 fully saturated rings. The molecule has 1 atom stereocenters. The second-order valence-electron chi connectivity index (χ2n) is 3.17. The molecule has 1 aromatic heterocycles. The predicted octanol–water partition coefficient (Wildman–Crippen LogP) is -0.493. The molecule has 0 amide bonds. The van der Waals surface area contributed by atoms with Crippen LogP contribution in [0.5, 0.6) is 0 Å². The lowest BCUT2D eigenvalue weighted by atomic mass is 10.3. The first-order valence-corrected chi connectivity index (χ1v) is 5.63. The van der Waals surface area contributed by atoms with Gasteiger partial charge in [0.05, 0.1) is 19.3 Å². The number of nitrogens with zero attached hydrogens (tertiary/aromatic N) is 1. The van der Waals surface area contributed by atoms with E-state index in [4.69, 9.17) is 4.74 Å².